The summed E-state index contributed by atoms with van der Waals surface area (Å²) in [6.45, 7) is 0.388. The van der Waals surface area contributed by atoms with Crippen LogP contribution in [0.25, 0.3) is 17.0 Å². The summed E-state index contributed by atoms with van der Waals surface area (Å²) in [5.74, 6) is 0.464. The molecule has 1 amide bonds. The van der Waals surface area contributed by atoms with Crippen molar-refractivity contribution in [2.45, 2.75) is 12.8 Å². The van der Waals surface area contributed by atoms with Crippen LogP contribution in [0.15, 0.2) is 65.4 Å². The molecular weight excluding hydrogens is 394 g/mol. The van der Waals surface area contributed by atoms with E-state index in [1.54, 1.807) is 35.3 Å². The summed E-state index contributed by atoms with van der Waals surface area (Å²) in [5, 5.41) is 20.6. The quantitative estimate of drug-likeness (QED) is 0.445. The summed E-state index contributed by atoms with van der Waals surface area (Å²) < 4.78 is 6.79. The zero-order valence-electron chi connectivity index (χ0n) is 16.5. The molecule has 0 atom stereocenters. The van der Waals surface area contributed by atoms with Crippen molar-refractivity contribution >= 4 is 11.7 Å². The number of carbonyl (C=O) groups excluding carboxylic acids is 1. The van der Waals surface area contributed by atoms with Gasteiger partial charge in [0.1, 0.15) is 17.5 Å². The van der Waals surface area contributed by atoms with E-state index in [4.69, 9.17) is 10.3 Å². The Labute approximate surface area is 178 Å². The molecule has 3 aromatic heterocycles. The van der Waals surface area contributed by atoms with Gasteiger partial charge >= 0.3 is 0 Å². The summed E-state index contributed by atoms with van der Waals surface area (Å²) in [6.07, 6.45) is 4.35. The molecule has 9 heteroatoms. The van der Waals surface area contributed by atoms with Crippen LogP contribution in [0.5, 0.6) is 0 Å². The topological polar surface area (TPSA) is 136 Å². The Kier molecular flexibility index (Phi) is 5.71. The second-order valence-electron chi connectivity index (χ2n) is 6.74. The predicted molar refractivity (Wildman–Crippen MR) is 113 cm³/mol. The van der Waals surface area contributed by atoms with Gasteiger partial charge in [0, 0.05) is 30.6 Å². The minimum atomic E-state index is -0.334. The number of nitrogen functional groups attached to an aromatic ring is 1. The van der Waals surface area contributed by atoms with Crippen molar-refractivity contribution in [3.63, 3.8) is 0 Å². The Morgan fingerprint density at radius 2 is 1.97 bits per heavy atom. The van der Waals surface area contributed by atoms with Crippen molar-refractivity contribution in [1.29, 1.82) is 5.26 Å². The van der Waals surface area contributed by atoms with Crippen LogP contribution in [0.1, 0.15) is 28.2 Å². The molecule has 0 saturated carbocycles. The zero-order chi connectivity index (χ0) is 21.6. The Morgan fingerprint density at radius 1 is 1.19 bits per heavy atom. The summed E-state index contributed by atoms with van der Waals surface area (Å²) in [4.78, 5) is 16.3. The SMILES string of the molecule is N#Cc1c(CCCNC(=O)c2cc(-c3ccncc3)on2)nn(-c2ccccc2)c1N. The molecule has 154 valence electrons. The largest absolute Gasteiger partial charge is 0.382 e. The number of nitrogens with two attached hydrogens (primary N) is 1. The number of aryl methyl sites for hydroxylation is 1. The third kappa shape index (κ3) is 4.28. The van der Waals surface area contributed by atoms with E-state index in [1.165, 1.54) is 0 Å². The number of para-hydroxylation sites is 1. The Hall–Kier alpha value is -4.45. The standard InChI is InChI=1S/C22H19N7O2/c23-14-17-18(27-29(21(17)24)16-5-2-1-3-6-16)7-4-10-26-22(30)19-13-20(31-28-19)15-8-11-25-12-9-15/h1-3,5-6,8-9,11-13H,4,7,10,24H2,(H,26,30). The number of nitriles is 1. The summed E-state index contributed by atoms with van der Waals surface area (Å²) >= 11 is 0. The number of aromatic nitrogens is 4. The first-order chi connectivity index (χ1) is 15.2. The van der Waals surface area contributed by atoms with Crippen LogP contribution in [0.3, 0.4) is 0 Å². The lowest BCUT2D eigenvalue weighted by atomic mass is 10.1. The number of hydrogen-bond acceptors (Lipinski definition) is 7. The first-order valence-corrected chi connectivity index (χ1v) is 9.65. The van der Waals surface area contributed by atoms with Crippen molar-refractivity contribution < 1.29 is 9.32 Å². The third-order valence-corrected chi connectivity index (χ3v) is 4.69. The molecule has 0 bridgehead atoms. The van der Waals surface area contributed by atoms with Gasteiger partial charge in [-0.15, -0.1) is 0 Å². The van der Waals surface area contributed by atoms with Gasteiger partial charge in [0.05, 0.1) is 11.4 Å². The van der Waals surface area contributed by atoms with Gasteiger partial charge in [-0.05, 0) is 37.1 Å². The fraction of sp³-hybridized carbons (Fsp3) is 0.136. The van der Waals surface area contributed by atoms with Crippen LogP contribution < -0.4 is 11.1 Å². The second kappa shape index (κ2) is 8.92. The number of rotatable bonds is 7. The first-order valence-electron chi connectivity index (χ1n) is 9.65. The van der Waals surface area contributed by atoms with Gasteiger partial charge < -0.3 is 15.6 Å². The fourth-order valence-electron chi connectivity index (χ4n) is 3.12. The molecule has 0 saturated heterocycles. The molecule has 3 heterocycles. The van der Waals surface area contributed by atoms with Gasteiger partial charge in [0.2, 0.25) is 0 Å². The highest BCUT2D eigenvalue weighted by Gasteiger charge is 2.17. The average molecular weight is 413 g/mol. The first kappa shape index (κ1) is 19.8. The van der Waals surface area contributed by atoms with Crippen LogP contribution >= 0.6 is 0 Å². The maximum atomic E-state index is 12.3. The highest BCUT2D eigenvalue weighted by atomic mass is 16.5. The summed E-state index contributed by atoms with van der Waals surface area (Å²) in [7, 11) is 0. The van der Waals surface area contributed by atoms with Gasteiger partial charge in [-0.25, -0.2) is 4.68 Å². The lowest BCUT2D eigenvalue weighted by Gasteiger charge is -2.03. The van der Waals surface area contributed by atoms with E-state index in [1.807, 2.05) is 30.3 Å². The molecule has 0 unspecified atom stereocenters. The molecule has 31 heavy (non-hydrogen) atoms. The lowest BCUT2D eigenvalue weighted by Crippen LogP contribution is -2.25. The number of hydrogen-bond donors (Lipinski definition) is 2. The minimum absolute atomic E-state index is 0.196. The number of amides is 1. The molecule has 9 nitrogen and oxygen atoms in total. The molecule has 0 radical (unpaired) electrons. The number of nitrogens with one attached hydrogen (secondary N) is 1. The molecule has 0 aliphatic rings. The van der Waals surface area contributed by atoms with Gasteiger partial charge in [-0.1, -0.05) is 23.4 Å². The Balaban J connectivity index is 1.36. The van der Waals surface area contributed by atoms with Gasteiger partial charge in [0.25, 0.3) is 5.91 Å². The summed E-state index contributed by atoms with van der Waals surface area (Å²) in [6, 6.07) is 16.6. The zero-order valence-corrected chi connectivity index (χ0v) is 16.5. The minimum Gasteiger partial charge on any atom is -0.382 e. The van der Waals surface area contributed by atoms with E-state index in [0.29, 0.717) is 42.2 Å². The molecule has 0 aliphatic carbocycles. The van der Waals surface area contributed by atoms with Crippen LogP contribution in [-0.2, 0) is 6.42 Å². The highest BCUT2D eigenvalue weighted by molar-refractivity contribution is 5.93. The Morgan fingerprint density at radius 3 is 2.71 bits per heavy atom. The number of carbonyl (C=O) groups is 1. The van der Waals surface area contributed by atoms with Crippen molar-refractivity contribution in [2.24, 2.45) is 0 Å². The van der Waals surface area contributed by atoms with Gasteiger partial charge in [0.15, 0.2) is 11.5 Å². The molecule has 1 aromatic carbocycles. The number of nitrogens with zero attached hydrogens (tertiary/aromatic N) is 5. The lowest BCUT2D eigenvalue weighted by molar-refractivity contribution is 0.0944. The molecule has 0 aliphatic heterocycles. The van der Waals surface area contributed by atoms with Crippen LogP contribution in [-0.4, -0.2) is 32.4 Å². The average Bonchev–Trinajstić information content (AvgIpc) is 3.43. The monoisotopic (exact) mass is 413 g/mol. The van der Waals surface area contributed by atoms with Gasteiger partial charge in [-0.2, -0.15) is 10.4 Å². The van der Waals surface area contributed by atoms with Crippen molar-refractivity contribution in [3.8, 4) is 23.1 Å². The van der Waals surface area contributed by atoms with E-state index in [2.05, 4.69) is 26.6 Å². The molecule has 0 fully saturated rings. The predicted octanol–water partition coefficient (Wildman–Crippen LogP) is 2.74. The third-order valence-electron chi connectivity index (χ3n) is 4.69. The molecular formula is C22H19N7O2. The summed E-state index contributed by atoms with van der Waals surface area (Å²) in [5.41, 5.74) is 8.83. The molecule has 3 N–H and O–H groups in total. The van der Waals surface area contributed by atoms with E-state index >= 15 is 0 Å². The van der Waals surface area contributed by atoms with E-state index in [9.17, 15) is 10.1 Å². The fourth-order valence-corrected chi connectivity index (χ4v) is 3.12. The number of pyridine rings is 1. The maximum Gasteiger partial charge on any atom is 0.273 e. The van der Waals surface area contributed by atoms with E-state index in [-0.39, 0.29) is 11.6 Å². The molecule has 0 spiro atoms. The van der Waals surface area contributed by atoms with Crippen LogP contribution in [0, 0.1) is 11.3 Å². The number of benzene rings is 1. The Bertz CT molecular complexity index is 1220. The normalized spacial score (nSPS) is 10.5. The van der Waals surface area contributed by atoms with Gasteiger partial charge in [-0.3, -0.25) is 9.78 Å². The van der Waals surface area contributed by atoms with E-state index < -0.39 is 0 Å². The van der Waals surface area contributed by atoms with Crippen LogP contribution in [0.2, 0.25) is 0 Å². The van der Waals surface area contributed by atoms with Crippen LogP contribution in [0.4, 0.5) is 5.82 Å². The maximum absolute atomic E-state index is 12.3. The number of anilines is 1. The molecule has 4 aromatic rings. The van der Waals surface area contributed by atoms with Crippen molar-refractivity contribution in [1.82, 2.24) is 25.2 Å². The smallest absolute Gasteiger partial charge is 0.273 e. The molecule has 4 rings (SSSR count). The second-order valence-corrected chi connectivity index (χ2v) is 6.74. The van der Waals surface area contributed by atoms with Crippen molar-refractivity contribution in [2.75, 3.05) is 12.3 Å². The highest BCUT2D eigenvalue weighted by Crippen LogP contribution is 2.21. The van der Waals surface area contributed by atoms with E-state index in [0.717, 1.165) is 11.3 Å². The van der Waals surface area contributed by atoms with Crippen molar-refractivity contribution in [3.05, 3.63) is 77.9 Å².